The Bertz CT molecular complexity index is 413. The lowest BCUT2D eigenvalue weighted by atomic mass is 10.1. The molecular weight excluding hydrogens is 296 g/mol. The third-order valence-corrected chi connectivity index (χ3v) is 3.22. The highest BCUT2D eigenvalue weighted by molar-refractivity contribution is 9.10. The molecule has 0 saturated carbocycles. The van der Waals surface area contributed by atoms with E-state index in [1.54, 1.807) is 7.11 Å². The Morgan fingerprint density at radius 3 is 2.78 bits per heavy atom. The van der Waals surface area contributed by atoms with E-state index in [-0.39, 0.29) is 11.5 Å². The third-order valence-electron chi connectivity index (χ3n) is 2.79. The monoisotopic (exact) mass is 316 g/mol. The first-order valence-electron chi connectivity index (χ1n) is 6.08. The Morgan fingerprint density at radius 2 is 2.22 bits per heavy atom. The van der Waals surface area contributed by atoms with Crippen LogP contribution < -0.4 is 5.32 Å². The molecular formula is C13H21BrN2O2. The fourth-order valence-electron chi connectivity index (χ4n) is 1.55. The molecule has 5 heteroatoms. The number of carbonyl (C=O) groups excluding carboxylic acids is 1. The van der Waals surface area contributed by atoms with Crippen molar-refractivity contribution < 1.29 is 9.53 Å². The topological polar surface area (TPSA) is 43.3 Å². The first kappa shape index (κ1) is 15.2. The molecule has 0 fully saturated rings. The number of carbonyl (C=O) groups is 1. The average molecular weight is 317 g/mol. The predicted molar refractivity (Wildman–Crippen MR) is 75.8 cm³/mol. The Balaban J connectivity index is 2.72. The number of amides is 1. The van der Waals surface area contributed by atoms with Crippen molar-refractivity contribution in [2.45, 2.75) is 39.3 Å². The minimum atomic E-state index is -0.352. The second-order valence-corrected chi connectivity index (χ2v) is 5.80. The summed E-state index contributed by atoms with van der Waals surface area (Å²) in [6.45, 7) is 7.28. The maximum absolute atomic E-state index is 12.1. The number of aryl methyl sites for hydroxylation is 1. The first-order chi connectivity index (χ1) is 8.39. The fourth-order valence-corrected chi connectivity index (χ4v) is 2.01. The van der Waals surface area contributed by atoms with Crippen LogP contribution in [0.5, 0.6) is 0 Å². The van der Waals surface area contributed by atoms with Crippen molar-refractivity contribution in [3.63, 3.8) is 0 Å². The molecule has 0 spiro atoms. The van der Waals surface area contributed by atoms with Crippen molar-refractivity contribution in [2.75, 3.05) is 13.7 Å². The summed E-state index contributed by atoms with van der Waals surface area (Å²) < 4.78 is 8.16. The number of halogens is 1. The second kappa shape index (κ2) is 6.38. The Labute approximate surface area is 117 Å². The van der Waals surface area contributed by atoms with Crippen LogP contribution in [-0.2, 0) is 11.3 Å². The molecule has 0 aliphatic rings. The van der Waals surface area contributed by atoms with E-state index in [0.29, 0.717) is 12.2 Å². The van der Waals surface area contributed by atoms with Crippen molar-refractivity contribution in [3.05, 3.63) is 22.4 Å². The summed E-state index contributed by atoms with van der Waals surface area (Å²) in [6, 6.07) is 1.84. The quantitative estimate of drug-likeness (QED) is 0.877. The molecule has 0 unspecified atom stereocenters. The lowest BCUT2D eigenvalue weighted by Crippen LogP contribution is -2.40. The zero-order chi connectivity index (χ0) is 13.8. The van der Waals surface area contributed by atoms with E-state index in [1.165, 1.54) is 0 Å². The van der Waals surface area contributed by atoms with E-state index in [9.17, 15) is 4.79 Å². The fraction of sp³-hybridized carbons (Fsp3) is 0.615. The molecule has 0 aromatic carbocycles. The maximum atomic E-state index is 12.1. The van der Waals surface area contributed by atoms with Gasteiger partial charge in [0.25, 0.3) is 5.91 Å². The van der Waals surface area contributed by atoms with Crippen LogP contribution >= 0.6 is 15.9 Å². The smallest absolute Gasteiger partial charge is 0.268 e. The van der Waals surface area contributed by atoms with E-state index >= 15 is 0 Å². The Morgan fingerprint density at radius 1 is 1.56 bits per heavy atom. The number of hydrogen-bond donors (Lipinski definition) is 1. The molecule has 1 aromatic heterocycles. The molecule has 0 radical (unpaired) electrons. The van der Waals surface area contributed by atoms with Gasteiger partial charge in [-0.05, 0) is 42.3 Å². The van der Waals surface area contributed by atoms with Gasteiger partial charge in [0.15, 0.2) is 0 Å². The zero-order valence-electron chi connectivity index (χ0n) is 11.4. The van der Waals surface area contributed by atoms with Gasteiger partial charge in [0.1, 0.15) is 5.69 Å². The SMILES string of the molecule is CCCn1cc(Br)cc1C(=O)NCC(C)(C)OC. The van der Waals surface area contributed by atoms with Gasteiger partial charge in [-0.3, -0.25) is 4.79 Å². The normalized spacial score (nSPS) is 11.6. The van der Waals surface area contributed by atoms with Gasteiger partial charge in [-0.15, -0.1) is 0 Å². The first-order valence-corrected chi connectivity index (χ1v) is 6.88. The molecule has 1 amide bonds. The van der Waals surface area contributed by atoms with Gasteiger partial charge >= 0.3 is 0 Å². The van der Waals surface area contributed by atoms with E-state index in [4.69, 9.17) is 4.74 Å². The van der Waals surface area contributed by atoms with Crippen LogP contribution in [0, 0.1) is 0 Å². The van der Waals surface area contributed by atoms with Gasteiger partial charge < -0.3 is 14.6 Å². The average Bonchev–Trinajstić information content (AvgIpc) is 2.68. The van der Waals surface area contributed by atoms with Gasteiger partial charge in [0, 0.05) is 30.9 Å². The van der Waals surface area contributed by atoms with Crippen LogP contribution in [0.1, 0.15) is 37.7 Å². The number of nitrogens with zero attached hydrogens (tertiary/aromatic N) is 1. The zero-order valence-corrected chi connectivity index (χ0v) is 13.0. The van der Waals surface area contributed by atoms with Crippen LogP contribution in [0.25, 0.3) is 0 Å². The summed E-state index contributed by atoms with van der Waals surface area (Å²) in [6.07, 6.45) is 2.92. The Hall–Kier alpha value is -0.810. The van der Waals surface area contributed by atoms with Crippen LogP contribution in [0.2, 0.25) is 0 Å². The largest absolute Gasteiger partial charge is 0.377 e. The molecule has 1 aromatic rings. The lowest BCUT2D eigenvalue weighted by Gasteiger charge is -2.23. The number of hydrogen-bond acceptors (Lipinski definition) is 2. The summed E-state index contributed by atoms with van der Waals surface area (Å²) >= 11 is 3.40. The van der Waals surface area contributed by atoms with Gasteiger partial charge in [-0.2, -0.15) is 0 Å². The Kier molecular flexibility index (Phi) is 5.41. The van der Waals surface area contributed by atoms with Crippen LogP contribution in [0.3, 0.4) is 0 Å². The summed E-state index contributed by atoms with van der Waals surface area (Å²) in [4.78, 5) is 12.1. The molecule has 0 aliphatic heterocycles. The highest BCUT2D eigenvalue weighted by atomic mass is 79.9. The van der Waals surface area contributed by atoms with E-state index in [2.05, 4.69) is 28.2 Å². The molecule has 102 valence electrons. The second-order valence-electron chi connectivity index (χ2n) is 4.88. The number of methoxy groups -OCH3 is 1. The highest BCUT2D eigenvalue weighted by Crippen LogP contribution is 2.16. The molecule has 0 aliphatic carbocycles. The summed E-state index contributed by atoms with van der Waals surface area (Å²) in [7, 11) is 1.64. The number of ether oxygens (including phenoxy) is 1. The van der Waals surface area contributed by atoms with Gasteiger partial charge in [-0.1, -0.05) is 6.92 Å². The highest BCUT2D eigenvalue weighted by Gasteiger charge is 2.19. The summed E-state index contributed by atoms with van der Waals surface area (Å²) in [5.74, 6) is -0.0701. The van der Waals surface area contributed by atoms with Crippen LogP contribution in [0.15, 0.2) is 16.7 Å². The standard InChI is InChI=1S/C13H21BrN2O2/c1-5-6-16-8-10(14)7-11(16)12(17)15-9-13(2,3)18-4/h7-8H,5-6,9H2,1-4H3,(H,15,17). The van der Waals surface area contributed by atoms with Crippen molar-refractivity contribution in [3.8, 4) is 0 Å². The third kappa shape index (κ3) is 4.14. The predicted octanol–water partition coefficient (Wildman–Crippen LogP) is 2.82. The summed E-state index contributed by atoms with van der Waals surface area (Å²) in [5, 5.41) is 2.90. The van der Waals surface area contributed by atoms with Crippen molar-refractivity contribution >= 4 is 21.8 Å². The van der Waals surface area contributed by atoms with E-state index in [0.717, 1.165) is 17.4 Å². The van der Waals surface area contributed by atoms with Gasteiger partial charge in [0.2, 0.25) is 0 Å². The van der Waals surface area contributed by atoms with Gasteiger partial charge in [-0.25, -0.2) is 0 Å². The minimum absolute atomic E-state index is 0.0701. The van der Waals surface area contributed by atoms with E-state index in [1.807, 2.05) is 30.7 Å². The minimum Gasteiger partial charge on any atom is -0.377 e. The van der Waals surface area contributed by atoms with Crippen LogP contribution in [-0.4, -0.2) is 29.7 Å². The molecule has 4 nitrogen and oxygen atoms in total. The number of aromatic nitrogens is 1. The molecule has 0 atom stereocenters. The summed E-state index contributed by atoms with van der Waals surface area (Å²) in [5.41, 5.74) is 0.324. The molecule has 0 saturated heterocycles. The maximum Gasteiger partial charge on any atom is 0.268 e. The number of rotatable bonds is 6. The van der Waals surface area contributed by atoms with Crippen molar-refractivity contribution in [1.82, 2.24) is 9.88 Å². The molecule has 18 heavy (non-hydrogen) atoms. The molecule has 1 heterocycles. The number of nitrogens with one attached hydrogen (secondary N) is 1. The van der Waals surface area contributed by atoms with E-state index < -0.39 is 0 Å². The van der Waals surface area contributed by atoms with Crippen molar-refractivity contribution in [2.24, 2.45) is 0 Å². The molecule has 1 N–H and O–H groups in total. The van der Waals surface area contributed by atoms with Crippen molar-refractivity contribution in [1.29, 1.82) is 0 Å². The van der Waals surface area contributed by atoms with Gasteiger partial charge in [0.05, 0.1) is 5.60 Å². The molecule has 1 rings (SSSR count). The molecule has 0 bridgehead atoms. The van der Waals surface area contributed by atoms with Crippen LogP contribution in [0.4, 0.5) is 0 Å². The lowest BCUT2D eigenvalue weighted by molar-refractivity contribution is 0.0227.